The lowest BCUT2D eigenvalue weighted by Crippen LogP contribution is -2.25. The highest BCUT2D eigenvalue weighted by molar-refractivity contribution is 6.01. The minimum Gasteiger partial charge on any atom is -0.332 e. The number of halogens is 6. The van der Waals surface area contributed by atoms with Crippen LogP contribution in [0.4, 0.5) is 26.3 Å². The zero-order valence-corrected chi connectivity index (χ0v) is 7.61. The van der Waals surface area contributed by atoms with Crippen molar-refractivity contribution in [2.75, 3.05) is 0 Å². The third-order valence-electron chi connectivity index (χ3n) is 1.55. The molecule has 94 valence electrons. The van der Waals surface area contributed by atoms with Crippen molar-refractivity contribution in [1.82, 2.24) is 9.97 Å². The molecule has 4 nitrogen and oxygen atoms in total. The maximum absolute atomic E-state index is 11.9. The summed E-state index contributed by atoms with van der Waals surface area (Å²) in [6, 6.07) is 0. The molecule has 0 aliphatic rings. The number of nitrogens with zero attached hydrogens (tertiary/aromatic N) is 1. The standard InChI is InChI=1S/C7H2F6N2O2/c8-6(9,10)3(16)2-1-14-5(15-2)4(17)7(11,12)13/h1H,(H,14,15). The Morgan fingerprint density at radius 1 is 1.00 bits per heavy atom. The second-order valence-corrected chi connectivity index (χ2v) is 2.80. The quantitative estimate of drug-likeness (QED) is 0.652. The van der Waals surface area contributed by atoms with E-state index < -0.39 is 35.4 Å². The van der Waals surface area contributed by atoms with Gasteiger partial charge in [0.25, 0.3) is 5.78 Å². The van der Waals surface area contributed by atoms with E-state index in [4.69, 9.17) is 0 Å². The van der Waals surface area contributed by atoms with Crippen LogP contribution in [0.5, 0.6) is 0 Å². The monoisotopic (exact) mass is 260 g/mol. The van der Waals surface area contributed by atoms with Crippen LogP contribution in [0.15, 0.2) is 6.20 Å². The second-order valence-electron chi connectivity index (χ2n) is 2.80. The predicted molar refractivity (Wildman–Crippen MR) is 39.4 cm³/mol. The van der Waals surface area contributed by atoms with Gasteiger partial charge in [-0.1, -0.05) is 0 Å². The molecule has 0 spiro atoms. The number of hydrogen-bond donors (Lipinski definition) is 1. The highest BCUT2D eigenvalue weighted by Crippen LogP contribution is 2.23. The maximum Gasteiger partial charge on any atom is 0.458 e. The fourth-order valence-corrected chi connectivity index (χ4v) is 0.839. The average Bonchev–Trinajstić information content (AvgIpc) is 2.60. The lowest BCUT2D eigenvalue weighted by Gasteiger charge is -2.02. The van der Waals surface area contributed by atoms with E-state index in [0.29, 0.717) is 0 Å². The maximum atomic E-state index is 11.9. The van der Waals surface area contributed by atoms with Crippen LogP contribution in [0.1, 0.15) is 21.1 Å². The van der Waals surface area contributed by atoms with Gasteiger partial charge < -0.3 is 4.98 Å². The van der Waals surface area contributed by atoms with Crippen LogP contribution in [0.3, 0.4) is 0 Å². The minimum atomic E-state index is -5.28. The molecule has 17 heavy (non-hydrogen) atoms. The highest BCUT2D eigenvalue weighted by atomic mass is 19.4. The molecule has 0 aliphatic heterocycles. The van der Waals surface area contributed by atoms with Gasteiger partial charge in [-0.2, -0.15) is 26.3 Å². The Balaban J connectivity index is 3.02. The Labute approximate surface area is 88.6 Å². The molecule has 0 fully saturated rings. The van der Waals surface area contributed by atoms with Gasteiger partial charge in [0.1, 0.15) is 5.69 Å². The summed E-state index contributed by atoms with van der Waals surface area (Å²) in [7, 11) is 0. The number of rotatable bonds is 2. The first kappa shape index (κ1) is 13.2. The van der Waals surface area contributed by atoms with Crippen molar-refractivity contribution in [3.05, 3.63) is 17.7 Å². The molecule has 1 rings (SSSR count). The Morgan fingerprint density at radius 2 is 1.47 bits per heavy atom. The smallest absolute Gasteiger partial charge is 0.332 e. The SMILES string of the molecule is O=C(c1cnc(C(=O)C(F)(F)F)[nH]1)C(F)(F)F. The average molecular weight is 260 g/mol. The molecule has 0 radical (unpaired) electrons. The number of carbonyl (C=O) groups excluding carboxylic acids is 2. The fraction of sp³-hybridized carbons (Fsp3) is 0.286. The summed E-state index contributed by atoms with van der Waals surface area (Å²) in [5.74, 6) is -6.24. The molecular weight excluding hydrogens is 258 g/mol. The van der Waals surface area contributed by atoms with E-state index in [0.717, 1.165) is 0 Å². The number of imidazole rings is 1. The summed E-state index contributed by atoms with van der Waals surface area (Å²) >= 11 is 0. The van der Waals surface area contributed by atoms with Crippen LogP contribution in [0, 0.1) is 0 Å². The zero-order valence-electron chi connectivity index (χ0n) is 7.61. The van der Waals surface area contributed by atoms with E-state index in [2.05, 4.69) is 4.98 Å². The zero-order chi connectivity index (χ0) is 13.4. The molecule has 0 amide bonds. The third-order valence-corrected chi connectivity index (χ3v) is 1.55. The van der Waals surface area contributed by atoms with Gasteiger partial charge in [0, 0.05) is 0 Å². The van der Waals surface area contributed by atoms with Crippen molar-refractivity contribution in [3.63, 3.8) is 0 Å². The van der Waals surface area contributed by atoms with E-state index in [1.165, 1.54) is 4.98 Å². The first-order chi connectivity index (χ1) is 7.53. The molecule has 0 saturated heterocycles. The van der Waals surface area contributed by atoms with Crippen molar-refractivity contribution in [2.45, 2.75) is 12.4 Å². The number of Topliss-reactive ketones (excluding diaryl/α,β-unsaturated/α-hetero) is 2. The number of aromatic nitrogens is 2. The molecule has 10 heteroatoms. The molecule has 1 aromatic heterocycles. The molecule has 0 aromatic carbocycles. The van der Waals surface area contributed by atoms with Crippen LogP contribution in [0.25, 0.3) is 0 Å². The van der Waals surface area contributed by atoms with Crippen LogP contribution in [-0.2, 0) is 0 Å². The summed E-state index contributed by atoms with van der Waals surface area (Å²) in [5.41, 5.74) is -1.23. The fourth-order valence-electron chi connectivity index (χ4n) is 0.839. The van der Waals surface area contributed by atoms with Crippen molar-refractivity contribution in [3.8, 4) is 0 Å². The topological polar surface area (TPSA) is 62.8 Å². The summed E-state index contributed by atoms with van der Waals surface area (Å²) in [4.78, 5) is 25.3. The first-order valence-corrected chi connectivity index (χ1v) is 3.81. The largest absolute Gasteiger partial charge is 0.458 e. The number of aromatic amines is 1. The highest BCUT2D eigenvalue weighted by Gasteiger charge is 2.44. The molecule has 1 heterocycles. The summed E-state index contributed by atoms with van der Waals surface area (Å²) < 4.78 is 71.2. The molecule has 0 saturated carbocycles. The number of alkyl halides is 6. The molecule has 0 atom stereocenters. The van der Waals surface area contributed by atoms with Gasteiger partial charge in [0.15, 0.2) is 5.82 Å². The van der Waals surface area contributed by atoms with Crippen LogP contribution in [0.2, 0.25) is 0 Å². The molecule has 0 bridgehead atoms. The van der Waals surface area contributed by atoms with Gasteiger partial charge in [0.2, 0.25) is 0 Å². The van der Waals surface area contributed by atoms with Crippen LogP contribution in [-0.4, -0.2) is 33.9 Å². The van der Waals surface area contributed by atoms with Crippen LogP contribution >= 0.6 is 0 Å². The van der Waals surface area contributed by atoms with Gasteiger partial charge in [-0.05, 0) is 0 Å². The van der Waals surface area contributed by atoms with E-state index in [1.54, 1.807) is 0 Å². The van der Waals surface area contributed by atoms with Gasteiger partial charge in [-0.3, -0.25) is 9.59 Å². The Morgan fingerprint density at radius 3 is 1.88 bits per heavy atom. The Hall–Kier alpha value is -1.87. The van der Waals surface area contributed by atoms with Crippen LogP contribution < -0.4 is 0 Å². The van der Waals surface area contributed by atoms with E-state index in [9.17, 15) is 35.9 Å². The molecule has 1 aromatic rings. The summed E-state index contributed by atoms with van der Waals surface area (Å²) in [6.45, 7) is 0. The third kappa shape index (κ3) is 2.82. The molecule has 0 unspecified atom stereocenters. The van der Waals surface area contributed by atoms with Crippen molar-refractivity contribution in [2.24, 2.45) is 0 Å². The number of carbonyl (C=O) groups is 2. The Bertz CT molecular complexity index is 417. The normalized spacial score (nSPS) is 12.6. The number of ketones is 2. The van der Waals surface area contributed by atoms with Gasteiger partial charge in [-0.25, -0.2) is 4.98 Å². The second kappa shape index (κ2) is 3.86. The van der Waals surface area contributed by atoms with Crippen molar-refractivity contribution < 1.29 is 35.9 Å². The van der Waals surface area contributed by atoms with Crippen molar-refractivity contribution >= 4 is 11.6 Å². The summed E-state index contributed by atoms with van der Waals surface area (Å²) in [6.07, 6.45) is -10.3. The lowest BCUT2D eigenvalue weighted by atomic mass is 10.3. The summed E-state index contributed by atoms with van der Waals surface area (Å²) in [5, 5.41) is 0. The van der Waals surface area contributed by atoms with E-state index in [-0.39, 0.29) is 6.20 Å². The predicted octanol–water partition coefficient (Wildman–Crippen LogP) is 1.90. The number of nitrogens with one attached hydrogen (secondary N) is 1. The van der Waals surface area contributed by atoms with E-state index >= 15 is 0 Å². The number of hydrogen-bond acceptors (Lipinski definition) is 3. The lowest BCUT2D eigenvalue weighted by molar-refractivity contribution is -0.0893. The van der Waals surface area contributed by atoms with Gasteiger partial charge in [0.05, 0.1) is 6.20 Å². The number of H-pyrrole nitrogens is 1. The van der Waals surface area contributed by atoms with E-state index in [1.807, 2.05) is 0 Å². The minimum absolute atomic E-state index is 0.217. The van der Waals surface area contributed by atoms with Crippen molar-refractivity contribution in [1.29, 1.82) is 0 Å². The Kier molecular flexibility index (Phi) is 2.99. The van der Waals surface area contributed by atoms with Gasteiger partial charge in [-0.15, -0.1) is 0 Å². The molecule has 0 aliphatic carbocycles. The molecule has 1 N–H and O–H groups in total. The van der Waals surface area contributed by atoms with Gasteiger partial charge >= 0.3 is 18.1 Å². The molecular formula is C7H2F6N2O2. The first-order valence-electron chi connectivity index (χ1n) is 3.81.